The van der Waals surface area contributed by atoms with Gasteiger partial charge in [-0.2, -0.15) is 0 Å². The molecule has 4 bridgehead atoms. The SMILES string of the molecule is CC(C)C.CC(C)C.COC(=O)N(OC(=O)N1C2CCC(C2)C1c1ncc(-c2ccc(B3OC(C)(C)C(C)(C)O3)cc2)[nH]1)C(C(=O)N1C2CCC(C2)C1c1ncc(-c2ccc(B3OC(C)(C)C(C)(C)O3)cc2)[nH]1)C1CCOCC1. The van der Waals surface area contributed by atoms with Crippen molar-refractivity contribution in [2.45, 2.75) is 201 Å². The van der Waals surface area contributed by atoms with E-state index in [4.69, 9.17) is 42.9 Å². The Morgan fingerprint density at radius 1 is 0.608 bits per heavy atom. The molecule has 2 aromatic carbocycles. The lowest BCUT2D eigenvalue weighted by molar-refractivity contribution is -0.172. The van der Waals surface area contributed by atoms with Crippen LogP contribution in [-0.2, 0) is 37.7 Å². The summed E-state index contributed by atoms with van der Waals surface area (Å²) in [6.07, 6.45) is 8.00. The summed E-state index contributed by atoms with van der Waals surface area (Å²) in [6.45, 7) is 30.1. The van der Waals surface area contributed by atoms with Crippen molar-refractivity contribution in [1.82, 2.24) is 34.8 Å². The molecule has 19 heteroatoms. The molecule has 0 spiro atoms. The molecule has 2 aliphatic carbocycles. The summed E-state index contributed by atoms with van der Waals surface area (Å²) >= 11 is 0. The van der Waals surface area contributed by atoms with Crippen LogP contribution < -0.4 is 10.9 Å². The number of nitrogens with zero attached hydrogens (tertiary/aromatic N) is 5. The Bertz CT molecular complexity index is 2710. The van der Waals surface area contributed by atoms with E-state index in [1.165, 1.54) is 7.11 Å². The largest absolute Gasteiger partial charge is 0.494 e. The van der Waals surface area contributed by atoms with Gasteiger partial charge in [-0.15, -0.1) is 5.06 Å². The number of ether oxygens (including phenoxy) is 2. The van der Waals surface area contributed by atoms with Gasteiger partial charge in [0.2, 0.25) is 5.91 Å². The van der Waals surface area contributed by atoms with Crippen LogP contribution in [0.15, 0.2) is 60.9 Å². The average Bonchev–Trinajstić information content (AvgIpc) is 4.44. The number of amides is 3. The van der Waals surface area contributed by atoms with E-state index in [0.29, 0.717) is 37.7 Å². The summed E-state index contributed by atoms with van der Waals surface area (Å²) in [5.74, 6) is 2.60. The molecular formula is C60H87B2N7O10. The molecule has 7 heterocycles. The van der Waals surface area contributed by atoms with E-state index < -0.39 is 60.9 Å². The van der Waals surface area contributed by atoms with Crippen LogP contribution in [0.4, 0.5) is 9.59 Å². The van der Waals surface area contributed by atoms with Gasteiger partial charge in [0.1, 0.15) is 11.6 Å². The van der Waals surface area contributed by atoms with Gasteiger partial charge < -0.3 is 47.8 Å². The molecule has 2 saturated carbocycles. The highest BCUT2D eigenvalue weighted by atomic mass is 16.8. The molecule has 79 heavy (non-hydrogen) atoms. The van der Waals surface area contributed by atoms with Crippen molar-refractivity contribution in [3.63, 3.8) is 0 Å². The fraction of sp³-hybridized carbons (Fsp3) is 0.650. The van der Waals surface area contributed by atoms with Crippen molar-refractivity contribution in [1.29, 1.82) is 0 Å². The summed E-state index contributed by atoms with van der Waals surface area (Å²) in [5.41, 5.74) is 3.50. The summed E-state index contributed by atoms with van der Waals surface area (Å²) < 4.78 is 36.3. The second kappa shape index (κ2) is 23.0. The van der Waals surface area contributed by atoms with Gasteiger partial charge in [0, 0.05) is 25.3 Å². The number of hydrogen-bond donors (Lipinski definition) is 2. The normalized spacial score (nSPS) is 26.5. The standard InChI is InChI=1S/C52H67B2N7O10.2C4H10/c1-49(2)50(3,4)69-53(68-49)35-16-10-30(11-17-35)39-28-55-44(57-39)41-33-14-20-37(26-33)59(41)46(62)43(32-22-24-66-25-23-32)61(48(64)65-9)67-47(63)60-38-21-15-34(27-38)42(60)45-56-29-40(58-45)31-12-18-36(19-13-31)54-70-51(5,6)52(7,8)71-54;2*1-4(2)3/h10-13,16-19,28-29,32-34,37-38,41-43H,14-15,20-27H2,1-9H3,(H,55,57)(H,56,58);2*4H,1-3H3. The minimum absolute atomic E-state index is 0.0745. The Morgan fingerprint density at radius 3 is 1.41 bits per heavy atom. The lowest BCUT2D eigenvalue weighted by atomic mass is 9.79. The Labute approximate surface area is 469 Å². The molecule has 5 saturated heterocycles. The molecule has 7 unspecified atom stereocenters. The van der Waals surface area contributed by atoms with Crippen LogP contribution >= 0.6 is 0 Å². The highest BCUT2D eigenvalue weighted by molar-refractivity contribution is 6.62. The molecule has 17 nitrogen and oxygen atoms in total. The van der Waals surface area contributed by atoms with E-state index in [1.807, 2.05) is 115 Å². The molecule has 428 valence electrons. The number of fused-ring (bicyclic) bond motifs is 4. The van der Waals surface area contributed by atoms with Crippen molar-refractivity contribution >= 4 is 43.3 Å². The van der Waals surface area contributed by atoms with Gasteiger partial charge in [0.05, 0.1) is 65.4 Å². The van der Waals surface area contributed by atoms with E-state index in [0.717, 1.165) is 88.9 Å². The maximum atomic E-state index is 15.6. The molecule has 3 amide bonds. The number of carbonyl (C=O) groups excluding carboxylic acids is 3. The van der Waals surface area contributed by atoms with Crippen molar-refractivity contribution in [2.75, 3.05) is 20.3 Å². The zero-order valence-electron chi connectivity index (χ0n) is 49.6. The Hall–Kier alpha value is -5.20. The average molecular weight is 1090 g/mol. The smallest absolute Gasteiger partial charge is 0.451 e. The van der Waals surface area contributed by atoms with Gasteiger partial charge in [0.15, 0.2) is 6.04 Å². The zero-order valence-corrected chi connectivity index (χ0v) is 49.6. The van der Waals surface area contributed by atoms with Crippen LogP contribution in [0, 0.1) is 29.6 Å². The molecular weight excluding hydrogens is 1000 g/mol. The van der Waals surface area contributed by atoms with Crippen LogP contribution in [0.1, 0.15) is 172 Å². The molecule has 7 aliphatic rings. The second-order valence-electron chi connectivity index (χ2n) is 26.3. The van der Waals surface area contributed by atoms with Gasteiger partial charge in [-0.25, -0.2) is 19.6 Å². The molecule has 7 fully saturated rings. The predicted molar refractivity (Wildman–Crippen MR) is 305 cm³/mol. The molecule has 4 aromatic rings. The number of aromatic nitrogens is 4. The fourth-order valence-corrected chi connectivity index (χ4v) is 12.2. The van der Waals surface area contributed by atoms with E-state index in [1.54, 1.807) is 11.1 Å². The number of likely N-dealkylation sites (tertiary alicyclic amines) is 2. The Kier molecular flexibility index (Phi) is 17.0. The van der Waals surface area contributed by atoms with Gasteiger partial charge in [-0.05, 0) is 158 Å². The summed E-state index contributed by atoms with van der Waals surface area (Å²) in [7, 11) is 0.287. The first kappa shape index (κ1) is 58.5. The molecule has 5 aliphatic heterocycles. The van der Waals surface area contributed by atoms with Crippen LogP contribution in [-0.4, -0.2) is 128 Å². The van der Waals surface area contributed by atoms with Crippen LogP contribution in [0.5, 0.6) is 0 Å². The highest BCUT2D eigenvalue weighted by Crippen LogP contribution is 2.52. The maximum absolute atomic E-state index is 15.6. The quantitative estimate of drug-likeness (QED) is 0.120. The van der Waals surface area contributed by atoms with Crippen LogP contribution in [0.25, 0.3) is 22.5 Å². The predicted octanol–water partition coefficient (Wildman–Crippen LogP) is 10.6. The number of hydrogen-bond acceptors (Lipinski definition) is 12. The van der Waals surface area contributed by atoms with E-state index >= 15 is 4.79 Å². The molecule has 2 N–H and O–H groups in total. The van der Waals surface area contributed by atoms with Gasteiger partial charge in [-0.3, -0.25) is 9.69 Å². The summed E-state index contributed by atoms with van der Waals surface area (Å²) in [6, 6.07) is 13.9. The maximum Gasteiger partial charge on any atom is 0.494 e. The third kappa shape index (κ3) is 11.9. The number of benzene rings is 2. The lowest BCUT2D eigenvalue weighted by Gasteiger charge is -2.42. The Morgan fingerprint density at radius 2 is 1.00 bits per heavy atom. The molecule has 11 rings (SSSR count). The van der Waals surface area contributed by atoms with Gasteiger partial charge >= 0.3 is 26.4 Å². The van der Waals surface area contributed by atoms with E-state index in [2.05, 4.69) is 51.5 Å². The molecule has 2 aromatic heterocycles. The minimum atomic E-state index is -1.16. The number of piperidine rings is 2. The first-order chi connectivity index (χ1) is 37.3. The number of imidazole rings is 2. The van der Waals surface area contributed by atoms with Gasteiger partial charge in [0.25, 0.3) is 0 Å². The van der Waals surface area contributed by atoms with E-state index in [-0.39, 0.29) is 41.8 Å². The summed E-state index contributed by atoms with van der Waals surface area (Å²) in [5, 5.41) is 0.928. The highest BCUT2D eigenvalue weighted by Gasteiger charge is 2.57. The van der Waals surface area contributed by atoms with E-state index in [9.17, 15) is 9.59 Å². The minimum Gasteiger partial charge on any atom is -0.451 e. The number of hydroxylamine groups is 2. The van der Waals surface area contributed by atoms with Crippen LogP contribution in [0.3, 0.4) is 0 Å². The lowest BCUT2D eigenvalue weighted by Crippen LogP contribution is -2.58. The number of rotatable bonds is 9. The second-order valence-corrected chi connectivity index (χ2v) is 26.3. The number of aromatic amines is 2. The first-order valence-corrected chi connectivity index (χ1v) is 29.1. The topological polar surface area (TPSA) is 183 Å². The van der Waals surface area contributed by atoms with Crippen molar-refractivity contribution < 1.29 is 47.3 Å². The van der Waals surface area contributed by atoms with Gasteiger partial charge in [-0.1, -0.05) is 90.1 Å². The third-order valence-corrected chi connectivity index (χ3v) is 17.6. The summed E-state index contributed by atoms with van der Waals surface area (Å²) in [4.78, 5) is 71.2. The fourth-order valence-electron chi connectivity index (χ4n) is 12.2. The first-order valence-electron chi connectivity index (χ1n) is 29.1. The number of methoxy groups -OCH3 is 1. The van der Waals surface area contributed by atoms with Crippen molar-refractivity contribution in [3.8, 4) is 22.5 Å². The van der Waals surface area contributed by atoms with Crippen LogP contribution in [0.2, 0.25) is 0 Å². The number of H-pyrrole nitrogens is 2. The monoisotopic (exact) mass is 1090 g/mol. The number of nitrogens with one attached hydrogen (secondary N) is 2. The molecule has 0 radical (unpaired) electrons. The zero-order chi connectivity index (χ0) is 56.9. The molecule has 7 atom stereocenters. The Balaban J connectivity index is 0.000000888. The number of carbonyl (C=O) groups is 3. The van der Waals surface area contributed by atoms with Crippen molar-refractivity contribution in [3.05, 3.63) is 72.6 Å². The van der Waals surface area contributed by atoms with Crippen molar-refractivity contribution in [2.24, 2.45) is 29.6 Å². The third-order valence-electron chi connectivity index (χ3n) is 17.6.